The van der Waals surface area contributed by atoms with Gasteiger partial charge in [0.25, 0.3) is 0 Å². The second kappa shape index (κ2) is 6.46. The smallest absolute Gasteiger partial charge is 0.0945 e. The molecule has 5 heteroatoms. The lowest BCUT2D eigenvalue weighted by molar-refractivity contribution is 0.0121. The SMILES string of the molecule is COCC1(CN[C@@H]2CC(Cn3ccnc3)C[C@H]2O)CCC1. The first-order valence-electron chi connectivity index (χ1n) is 8.07. The molecule has 0 aromatic carbocycles. The third kappa shape index (κ3) is 3.47. The van der Waals surface area contributed by atoms with Crippen molar-refractivity contribution in [2.24, 2.45) is 11.3 Å². The number of ether oxygens (including phenoxy) is 1. The number of aliphatic hydroxyl groups is 1. The molecular weight excluding hydrogens is 266 g/mol. The Morgan fingerprint density at radius 3 is 2.90 bits per heavy atom. The van der Waals surface area contributed by atoms with E-state index in [0.29, 0.717) is 11.3 Å². The molecule has 0 radical (unpaired) electrons. The van der Waals surface area contributed by atoms with E-state index in [9.17, 15) is 5.11 Å². The molecular formula is C16H27N3O2. The van der Waals surface area contributed by atoms with Crippen LogP contribution < -0.4 is 5.32 Å². The Morgan fingerprint density at radius 1 is 1.43 bits per heavy atom. The summed E-state index contributed by atoms with van der Waals surface area (Å²) in [5.74, 6) is 0.534. The third-order valence-electron chi connectivity index (χ3n) is 5.26. The highest BCUT2D eigenvalue weighted by atomic mass is 16.5. The molecule has 2 saturated carbocycles. The van der Waals surface area contributed by atoms with E-state index in [1.165, 1.54) is 19.3 Å². The first-order valence-corrected chi connectivity index (χ1v) is 8.07. The zero-order valence-electron chi connectivity index (χ0n) is 12.9. The number of rotatable bonds is 7. The van der Waals surface area contributed by atoms with E-state index >= 15 is 0 Å². The van der Waals surface area contributed by atoms with Gasteiger partial charge in [0, 0.05) is 44.0 Å². The van der Waals surface area contributed by atoms with Crippen LogP contribution in [0.4, 0.5) is 0 Å². The summed E-state index contributed by atoms with van der Waals surface area (Å²) in [5, 5.41) is 13.9. The summed E-state index contributed by atoms with van der Waals surface area (Å²) >= 11 is 0. The van der Waals surface area contributed by atoms with Gasteiger partial charge in [0.05, 0.1) is 19.0 Å². The van der Waals surface area contributed by atoms with Crippen molar-refractivity contribution < 1.29 is 9.84 Å². The summed E-state index contributed by atoms with van der Waals surface area (Å²) in [6.07, 6.45) is 11.2. The molecule has 1 unspecified atom stereocenters. The fourth-order valence-corrected chi connectivity index (χ4v) is 3.88. The number of nitrogens with one attached hydrogen (secondary N) is 1. The van der Waals surface area contributed by atoms with Gasteiger partial charge in [-0.1, -0.05) is 6.42 Å². The Kier molecular flexibility index (Phi) is 4.62. The fourth-order valence-electron chi connectivity index (χ4n) is 3.88. The van der Waals surface area contributed by atoms with Gasteiger partial charge in [0.2, 0.25) is 0 Å². The number of aromatic nitrogens is 2. The van der Waals surface area contributed by atoms with E-state index in [4.69, 9.17) is 4.74 Å². The van der Waals surface area contributed by atoms with Crippen molar-refractivity contribution in [2.75, 3.05) is 20.3 Å². The summed E-state index contributed by atoms with van der Waals surface area (Å²) < 4.78 is 7.48. The lowest BCUT2D eigenvalue weighted by atomic mass is 9.69. The van der Waals surface area contributed by atoms with Crippen molar-refractivity contribution in [3.05, 3.63) is 18.7 Å². The van der Waals surface area contributed by atoms with Crippen LogP contribution in [0.5, 0.6) is 0 Å². The predicted molar refractivity (Wildman–Crippen MR) is 80.9 cm³/mol. The standard InChI is InChI=1S/C16H27N3O2/c1-21-11-16(3-2-4-16)10-18-14-7-13(8-15(14)20)9-19-6-5-17-12-19/h5-6,12-15,18,20H,2-4,7-11H2,1H3/t13?,14-,15-/m1/s1. The van der Waals surface area contributed by atoms with Crippen LogP contribution in [0.25, 0.3) is 0 Å². The molecule has 5 nitrogen and oxygen atoms in total. The highest BCUT2D eigenvalue weighted by molar-refractivity contribution is 4.94. The van der Waals surface area contributed by atoms with Gasteiger partial charge in [-0.2, -0.15) is 0 Å². The minimum atomic E-state index is -0.224. The van der Waals surface area contributed by atoms with Crippen LogP contribution in [0.2, 0.25) is 0 Å². The van der Waals surface area contributed by atoms with E-state index in [1.54, 1.807) is 7.11 Å². The second-order valence-electron chi connectivity index (χ2n) is 6.94. The Labute approximate surface area is 126 Å². The fraction of sp³-hybridized carbons (Fsp3) is 0.812. The Morgan fingerprint density at radius 2 is 2.29 bits per heavy atom. The van der Waals surface area contributed by atoms with Gasteiger partial charge >= 0.3 is 0 Å². The summed E-state index contributed by atoms with van der Waals surface area (Å²) in [5.41, 5.74) is 0.316. The summed E-state index contributed by atoms with van der Waals surface area (Å²) in [6, 6.07) is 0.229. The van der Waals surface area contributed by atoms with E-state index in [1.807, 2.05) is 18.7 Å². The van der Waals surface area contributed by atoms with E-state index < -0.39 is 0 Å². The number of imidazole rings is 1. The molecule has 0 bridgehead atoms. The minimum absolute atomic E-state index is 0.224. The number of nitrogens with zero attached hydrogens (tertiary/aromatic N) is 2. The molecule has 1 aromatic rings. The average molecular weight is 293 g/mol. The molecule has 0 amide bonds. The van der Waals surface area contributed by atoms with Gasteiger partial charge in [0.1, 0.15) is 0 Å². The van der Waals surface area contributed by atoms with Crippen molar-refractivity contribution >= 4 is 0 Å². The maximum atomic E-state index is 10.3. The summed E-state index contributed by atoms with van der Waals surface area (Å²) in [6.45, 7) is 2.76. The number of aliphatic hydroxyl groups excluding tert-OH is 1. The van der Waals surface area contributed by atoms with Crippen LogP contribution in [-0.2, 0) is 11.3 Å². The second-order valence-corrected chi connectivity index (χ2v) is 6.94. The first kappa shape index (κ1) is 15.0. The molecule has 0 aliphatic heterocycles. The van der Waals surface area contributed by atoms with Crippen molar-refractivity contribution in [1.29, 1.82) is 0 Å². The maximum absolute atomic E-state index is 10.3. The van der Waals surface area contributed by atoms with Gasteiger partial charge in [-0.25, -0.2) is 4.98 Å². The van der Waals surface area contributed by atoms with Crippen molar-refractivity contribution in [1.82, 2.24) is 14.9 Å². The molecule has 0 spiro atoms. The summed E-state index contributed by atoms with van der Waals surface area (Å²) in [7, 11) is 1.78. The van der Waals surface area contributed by atoms with Crippen molar-refractivity contribution in [2.45, 2.75) is 50.8 Å². The number of methoxy groups -OCH3 is 1. The molecule has 3 rings (SSSR count). The highest BCUT2D eigenvalue weighted by Gasteiger charge is 2.39. The molecule has 1 heterocycles. The van der Waals surface area contributed by atoms with Crippen LogP contribution in [0.15, 0.2) is 18.7 Å². The molecule has 1 aromatic heterocycles. The molecule has 21 heavy (non-hydrogen) atoms. The van der Waals surface area contributed by atoms with Gasteiger partial charge < -0.3 is 19.7 Å². The molecule has 0 saturated heterocycles. The van der Waals surface area contributed by atoms with Crippen LogP contribution in [0.1, 0.15) is 32.1 Å². The summed E-state index contributed by atoms with van der Waals surface area (Å²) in [4.78, 5) is 4.08. The first-order chi connectivity index (χ1) is 10.2. The zero-order valence-corrected chi connectivity index (χ0v) is 12.9. The van der Waals surface area contributed by atoms with Crippen LogP contribution in [-0.4, -0.2) is 47.1 Å². The largest absolute Gasteiger partial charge is 0.391 e. The Bertz CT molecular complexity index is 431. The molecule has 2 aliphatic carbocycles. The van der Waals surface area contributed by atoms with Crippen LogP contribution >= 0.6 is 0 Å². The average Bonchev–Trinajstić information content (AvgIpc) is 3.03. The quantitative estimate of drug-likeness (QED) is 0.798. The normalized spacial score (nSPS) is 31.2. The minimum Gasteiger partial charge on any atom is -0.391 e. The number of hydrogen-bond donors (Lipinski definition) is 2. The molecule has 2 fully saturated rings. The van der Waals surface area contributed by atoms with Gasteiger partial charge in [-0.15, -0.1) is 0 Å². The number of hydrogen-bond acceptors (Lipinski definition) is 4. The van der Waals surface area contributed by atoms with E-state index in [-0.39, 0.29) is 12.1 Å². The molecule has 2 aliphatic rings. The third-order valence-corrected chi connectivity index (χ3v) is 5.26. The van der Waals surface area contributed by atoms with E-state index in [0.717, 1.165) is 32.5 Å². The van der Waals surface area contributed by atoms with Crippen LogP contribution in [0, 0.1) is 11.3 Å². The molecule has 2 N–H and O–H groups in total. The van der Waals surface area contributed by atoms with Crippen molar-refractivity contribution in [3.63, 3.8) is 0 Å². The van der Waals surface area contributed by atoms with Gasteiger partial charge in [-0.3, -0.25) is 0 Å². The monoisotopic (exact) mass is 293 g/mol. The Hall–Kier alpha value is -0.910. The predicted octanol–water partition coefficient (Wildman–Crippen LogP) is 1.43. The highest BCUT2D eigenvalue weighted by Crippen LogP contribution is 2.41. The van der Waals surface area contributed by atoms with Gasteiger partial charge in [-0.05, 0) is 31.6 Å². The van der Waals surface area contributed by atoms with Gasteiger partial charge in [0.15, 0.2) is 0 Å². The van der Waals surface area contributed by atoms with E-state index in [2.05, 4.69) is 14.9 Å². The zero-order chi connectivity index (χ0) is 14.7. The lowest BCUT2D eigenvalue weighted by Crippen LogP contribution is -2.48. The Balaban J connectivity index is 1.47. The molecule has 3 atom stereocenters. The maximum Gasteiger partial charge on any atom is 0.0945 e. The van der Waals surface area contributed by atoms with Crippen molar-refractivity contribution in [3.8, 4) is 0 Å². The topological polar surface area (TPSA) is 59.3 Å². The van der Waals surface area contributed by atoms with Crippen LogP contribution in [0.3, 0.4) is 0 Å². The molecule has 118 valence electrons. The lowest BCUT2D eigenvalue weighted by Gasteiger charge is -2.42.